The van der Waals surface area contributed by atoms with Gasteiger partial charge in [0.15, 0.2) is 0 Å². The third kappa shape index (κ3) is 4.11. The summed E-state index contributed by atoms with van der Waals surface area (Å²) in [5.41, 5.74) is 1.29. The third-order valence-electron chi connectivity index (χ3n) is 4.85. The number of hydrogen-bond donors (Lipinski definition) is 1. The number of aryl methyl sites for hydroxylation is 2. The highest BCUT2D eigenvalue weighted by Crippen LogP contribution is 2.26. The number of ether oxygens (including phenoxy) is 1. The summed E-state index contributed by atoms with van der Waals surface area (Å²) in [4.78, 5) is 14.6. The van der Waals surface area contributed by atoms with Crippen LogP contribution in [0.3, 0.4) is 0 Å². The molecule has 1 aliphatic rings. The summed E-state index contributed by atoms with van der Waals surface area (Å²) in [6.07, 6.45) is 5.45. The Balaban J connectivity index is 1.95. The zero-order valence-electron chi connectivity index (χ0n) is 14.3. The van der Waals surface area contributed by atoms with Crippen LogP contribution in [-0.2, 0) is 11.2 Å². The summed E-state index contributed by atoms with van der Waals surface area (Å²) in [5, 5.41) is 3.22. The maximum Gasteiger partial charge on any atom is 0.261 e. The predicted molar refractivity (Wildman–Crippen MR) is 92.7 cm³/mol. The van der Waals surface area contributed by atoms with Crippen LogP contribution in [0.5, 0.6) is 0 Å². The molecule has 4 heteroatoms. The van der Waals surface area contributed by atoms with Crippen LogP contribution < -0.4 is 5.32 Å². The number of thiophene rings is 1. The van der Waals surface area contributed by atoms with Gasteiger partial charge in [-0.25, -0.2) is 0 Å². The highest BCUT2D eigenvalue weighted by atomic mass is 32.1. The second-order valence-corrected chi connectivity index (χ2v) is 7.48. The van der Waals surface area contributed by atoms with E-state index >= 15 is 0 Å². The van der Waals surface area contributed by atoms with E-state index in [0.29, 0.717) is 12.0 Å². The molecule has 1 amide bonds. The second kappa shape index (κ2) is 8.11. The Hall–Kier alpha value is -0.870. The first-order valence-corrected chi connectivity index (χ1v) is 9.42. The van der Waals surface area contributed by atoms with Gasteiger partial charge in [-0.1, -0.05) is 33.6 Å². The topological polar surface area (TPSA) is 38.3 Å². The van der Waals surface area contributed by atoms with E-state index in [0.717, 1.165) is 43.6 Å². The largest absolute Gasteiger partial charge is 0.378 e. The van der Waals surface area contributed by atoms with Crippen molar-refractivity contribution in [2.75, 3.05) is 6.61 Å². The zero-order valence-corrected chi connectivity index (χ0v) is 15.1. The van der Waals surface area contributed by atoms with Crippen molar-refractivity contribution in [2.24, 2.45) is 5.92 Å². The van der Waals surface area contributed by atoms with Gasteiger partial charge >= 0.3 is 0 Å². The summed E-state index contributed by atoms with van der Waals surface area (Å²) in [6, 6.07) is 2.30. The van der Waals surface area contributed by atoms with E-state index in [1.54, 1.807) is 11.3 Å². The smallest absolute Gasteiger partial charge is 0.261 e. The van der Waals surface area contributed by atoms with Gasteiger partial charge in [-0.2, -0.15) is 0 Å². The summed E-state index contributed by atoms with van der Waals surface area (Å²) in [6.45, 7) is 9.43. The van der Waals surface area contributed by atoms with Crippen LogP contribution >= 0.6 is 11.3 Å². The SMILES string of the molecule is CCc1cc(C(=O)N[C@H]2CCO[C@H](C(CC)CC)C2)sc1C. The molecule has 0 spiro atoms. The number of nitrogens with one attached hydrogen (secondary N) is 1. The molecular weight excluding hydrogens is 294 g/mol. The first kappa shape index (κ1) is 17.5. The Morgan fingerprint density at radius 2 is 2.14 bits per heavy atom. The van der Waals surface area contributed by atoms with E-state index in [4.69, 9.17) is 4.74 Å². The maximum atomic E-state index is 12.5. The lowest BCUT2D eigenvalue weighted by Gasteiger charge is -2.34. The first-order valence-electron chi connectivity index (χ1n) is 8.60. The molecule has 0 saturated carbocycles. The molecule has 0 aromatic carbocycles. The van der Waals surface area contributed by atoms with Crippen molar-refractivity contribution in [1.82, 2.24) is 5.32 Å². The Morgan fingerprint density at radius 1 is 1.41 bits per heavy atom. The number of hydrogen-bond acceptors (Lipinski definition) is 3. The fraction of sp³-hybridized carbons (Fsp3) is 0.722. The molecule has 0 bridgehead atoms. The Bertz CT molecular complexity index is 493. The lowest BCUT2D eigenvalue weighted by Crippen LogP contribution is -2.43. The molecule has 1 aromatic rings. The normalized spacial score (nSPS) is 22.0. The van der Waals surface area contributed by atoms with E-state index in [-0.39, 0.29) is 11.9 Å². The van der Waals surface area contributed by atoms with Gasteiger partial charge in [0.1, 0.15) is 0 Å². The minimum atomic E-state index is 0.0861. The number of carbonyl (C=O) groups excluding carboxylic acids is 1. The fourth-order valence-electron chi connectivity index (χ4n) is 3.34. The predicted octanol–water partition coefficient (Wildman–Crippen LogP) is 4.33. The van der Waals surface area contributed by atoms with Crippen LogP contribution in [0.1, 0.15) is 66.6 Å². The van der Waals surface area contributed by atoms with E-state index in [9.17, 15) is 4.79 Å². The molecule has 0 unspecified atom stereocenters. The van der Waals surface area contributed by atoms with E-state index < -0.39 is 0 Å². The molecule has 1 aliphatic heterocycles. The molecular formula is C18H29NO2S. The van der Waals surface area contributed by atoms with Gasteiger partial charge in [-0.3, -0.25) is 4.79 Å². The standard InChI is InChI=1S/C18H29NO2S/c1-5-13(6-2)16-11-15(8-9-21-16)19-18(20)17-10-14(7-3)12(4)22-17/h10,13,15-16H,5-9,11H2,1-4H3,(H,19,20)/t15-,16-/m0/s1. The van der Waals surface area contributed by atoms with Crippen LogP contribution in [0.4, 0.5) is 0 Å². The molecule has 1 saturated heterocycles. The van der Waals surface area contributed by atoms with Crippen LogP contribution in [0.15, 0.2) is 6.07 Å². The highest BCUT2D eigenvalue weighted by Gasteiger charge is 2.28. The molecule has 2 heterocycles. The number of rotatable bonds is 6. The Labute approximate surface area is 138 Å². The minimum Gasteiger partial charge on any atom is -0.378 e. The lowest BCUT2D eigenvalue weighted by atomic mass is 9.89. The number of amides is 1. The van der Waals surface area contributed by atoms with Gasteiger partial charge < -0.3 is 10.1 Å². The zero-order chi connectivity index (χ0) is 16.1. The van der Waals surface area contributed by atoms with Crippen molar-refractivity contribution in [1.29, 1.82) is 0 Å². The van der Waals surface area contributed by atoms with Gasteiger partial charge in [-0.15, -0.1) is 11.3 Å². The molecule has 1 aromatic heterocycles. The summed E-state index contributed by atoms with van der Waals surface area (Å²) >= 11 is 1.61. The fourth-order valence-corrected chi connectivity index (χ4v) is 4.36. The quantitative estimate of drug-likeness (QED) is 0.846. The van der Waals surface area contributed by atoms with Gasteiger partial charge in [0, 0.05) is 17.5 Å². The molecule has 0 radical (unpaired) electrons. The van der Waals surface area contributed by atoms with Crippen LogP contribution in [0.25, 0.3) is 0 Å². The van der Waals surface area contributed by atoms with Crippen molar-refractivity contribution in [3.63, 3.8) is 0 Å². The van der Waals surface area contributed by atoms with Gasteiger partial charge in [0.2, 0.25) is 0 Å². The maximum absolute atomic E-state index is 12.5. The van der Waals surface area contributed by atoms with Crippen LogP contribution in [0.2, 0.25) is 0 Å². The van der Waals surface area contributed by atoms with Gasteiger partial charge in [0.25, 0.3) is 5.91 Å². The van der Waals surface area contributed by atoms with Crippen molar-refractivity contribution in [3.8, 4) is 0 Å². The Kier molecular flexibility index (Phi) is 6.45. The first-order chi connectivity index (χ1) is 10.6. The van der Waals surface area contributed by atoms with Gasteiger partial charge in [0.05, 0.1) is 11.0 Å². The molecule has 22 heavy (non-hydrogen) atoms. The van der Waals surface area contributed by atoms with Crippen LogP contribution in [-0.4, -0.2) is 24.7 Å². The summed E-state index contributed by atoms with van der Waals surface area (Å²) < 4.78 is 5.93. The van der Waals surface area contributed by atoms with E-state index in [1.165, 1.54) is 10.4 Å². The van der Waals surface area contributed by atoms with Crippen molar-refractivity contribution < 1.29 is 9.53 Å². The van der Waals surface area contributed by atoms with Crippen molar-refractivity contribution >= 4 is 17.2 Å². The van der Waals surface area contributed by atoms with Crippen LogP contribution in [0, 0.1) is 12.8 Å². The summed E-state index contributed by atoms with van der Waals surface area (Å²) in [5.74, 6) is 0.693. The van der Waals surface area contributed by atoms with E-state index in [1.807, 2.05) is 6.07 Å². The molecule has 3 nitrogen and oxygen atoms in total. The average molecular weight is 324 g/mol. The molecule has 0 aliphatic carbocycles. The van der Waals surface area contributed by atoms with Gasteiger partial charge in [-0.05, 0) is 43.7 Å². The summed E-state index contributed by atoms with van der Waals surface area (Å²) in [7, 11) is 0. The highest BCUT2D eigenvalue weighted by molar-refractivity contribution is 7.14. The second-order valence-electron chi connectivity index (χ2n) is 6.23. The Morgan fingerprint density at radius 3 is 2.73 bits per heavy atom. The number of carbonyl (C=O) groups is 1. The molecule has 1 N–H and O–H groups in total. The lowest BCUT2D eigenvalue weighted by molar-refractivity contribution is -0.0337. The molecule has 1 fully saturated rings. The minimum absolute atomic E-state index is 0.0861. The van der Waals surface area contributed by atoms with Crippen molar-refractivity contribution in [3.05, 3.63) is 21.4 Å². The monoisotopic (exact) mass is 323 g/mol. The molecule has 2 atom stereocenters. The van der Waals surface area contributed by atoms with Crippen molar-refractivity contribution in [2.45, 2.75) is 71.9 Å². The molecule has 124 valence electrons. The third-order valence-corrected chi connectivity index (χ3v) is 5.94. The average Bonchev–Trinajstić information content (AvgIpc) is 2.90. The van der Waals surface area contributed by atoms with E-state index in [2.05, 4.69) is 33.0 Å². The molecule has 2 rings (SSSR count).